The number of rotatable bonds is 8. The highest BCUT2D eigenvalue weighted by molar-refractivity contribution is 5.90. The molecule has 1 fully saturated rings. The van der Waals surface area contributed by atoms with Crippen molar-refractivity contribution in [3.8, 4) is 0 Å². The number of esters is 1. The number of fused-ring (bicyclic) bond motifs is 1. The van der Waals surface area contributed by atoms with Crippen LogP contribution in [0.15, 0.2) is 64.3 Å². The summed E-state index contributed by atoms with van der Waals surface area (Å²) >= 11 is 0. The van der Waals surface area contributed by atoms with Gasteiger partial charge in [0.25, 0.3) is 0 Å². The van der Waals surface area contributed by atoms with E-state index in [1.54, 1.807) is 31.2 Å². The number of carbonyl (C=O) groups excluding carboxylic acids is 1. The highest BCUT2D eigenvalue weighted by Gasteiger charge is 2.26. The van der Waals surface area contributed by atoms with Gasteiger partial charge in [-0.1, -0.05) is 30.3 Å². The van der Waals surface area contributed by atoms with Gasteiger partial charge < -0.3 is 10.1 Å². The summed E-state index contributed by atoms with van der Waals surface area (Å²) in [6.07, 6.45) is 1.83. The number of carbonyl (C=O) groups is 1. The van der Waals surface area contributed by atoms with Crippen LogP contribution in [0.1, 0.15) is 28.9 Å². The van der Waals surface area contributed by atoms with Crippen LogP contribution in [0.2, 0.25) is 0 Å². The van der Waals surface area contributed by atoms with Gasteiger partial charge in [0.1, 0.15) is 0 Å². The van der Waals surface area contributed by atoms with E-state index < -0.39 is 0 Å². The molecule has 0 spiro atoms. The molecule has 0 aliphatic carbocycles. The molecule has 2 aromatic heterocycles. The molecule has 2 unspecified atom stereocenters. The summed E-state index contributed by atoms with van der Waals surface area (Å²) in [7, 11) is 0. The number of anilines is 3. The van der Waals surface area contributed by atoms with E-state index in [9.17, 15) is 4.79 Å². The molecule has 35 heavy (non-hydrogen) atoms. The quantitative estimate of drug-likeness (QED) is 0.170. The molecule has 12 nitrogen and oxygen atoms in total. The first-order valence-electron chi connectivity index (χ1n) is 11.1. The third kappa shape index (κ3) is 5.08. The van der Waals surface area contributed by atoms with E-state index in [-0.39, 0.29) is 29.2 Å². The summed E-state index contributed by atoms with van der Waals surface area (Å²) < 4.78 is 9.78. The first kappa shape index (κ1) is 22.4. The summed E-state index contributed by atoms with van der Waals surface area (Å²) in [6, 6.07) is 17.1. The van der Waals surface area contributed by atoms with Gasteiger partial charge in [-0.25, -0.2) is 19.8 Å². The monoisotopic (exact) mass is 473 g/mol. The van der Waals surface area contributed by atoms with Crippen molar-refractivity contribution < 1.29 is 14.2 Å². The predicted molar refractivity (Wildman–Crippen MR) is 129 cm³/mol. The average molecular weight is 473 g/mol. The van der Waals surface area contributed by atoms with Crippen LogP contribution in [-0.4, -0.2) is 45.6 Å². The van der Waals surface area contributed by atoms with Crippen LogP contribution in [-0.2, 0) is 4.74 Å². The molecule has 5 rings (SSSR count). The number of nitrogens with zero attached hydrogens (tertiary/aromatic N) is 5. The third-order valence-corrected chi connectivity index (χ3v) is 5.39. The number of hydrazine groups is 1. The normalized spacial score (nSPS) is 17.6. The molecule has 1 aliphatic rings. The van der Waals surface area contributed by atoms with Gasteiger partial charge in [0.2, 0.25) is 11.3 Å². The number of ether oxygens (including phenoxy) is 1. The van der Waals surface area contributed by atoms with Crippen molar-refractivity contribution in [2.24, 2.45) is 11.0 Å². The molecule has 4 aromatic rings. The van der Waals surface area contributed by atoms with Crippen molar-refractivity contribution in [1.29, 1.82) is 0 Å². The Morgan fingerprint density at radius 1 is 1.11 bits per heavy atom. The second-order valence-electron chi connectivity index (χ2n) is 7.72. The third-order valence-electron chi connectivity index (χ3n) is 5.39. The van der Waals surface area contributed by atoms with Crippen LogP contribution in [0.3, 0.4) is 0 Å². The molecule has 0 bridgehead atoms. The number of hydrazone groups is 1. The molecule has 1 saturated heterocycles. The van der Waals surface area contributed by atoms with E-state index in [2.05, 4.69) is 59.1 Å². The zero-order valence-corrected chi connectivity index (χ0v) is 18.8. The standard InChI is InChI=1S/C23H23N9O3/c1-2-34-23(33)15-8-10-17(11-9-15)26-19-20(28-22-21(27-19)31-35-32-22)30-25-13-16-12-24-29-18(16)14-6-4-3-5-7-14/h3-11,13,16,18,24,29H,2,12H2,1H3,(H,26,27,31)(H,28,30,32)/b25-13+. The lowest BCUT2D eigenvalue weighted by Gasteiger charge is -2.15. The second kappa shape index (κ2) is 10.2. The Balaban J connectivity index is 1.34. The zero-order valence-electron chi connectivity index (χ0n) is 18.8. The Bertz CT molecular complexity index is 1330. The van der Waals surface area contributed by atoms with Crippen LogP contribution < -0.4 is 21.6 Å². The molecule has 0 amide bonds. The van der Waals surface area contributed by atoms with E-state index in [0.717, 1.165) is 12.1 Å². The van der Waals surface area contributed by atoms with Crippen molar-refractivity contribution >= 4 is 40.8 Å². The fraction of sp³-hybridized carbons (Fsp3) is 0.217. The molecule has 4 N–H and O–H groups in total. The van der Waals surface area contributed by atoms with Gasteiger partial charge in [0.15, 0.2) is 11.6 Å². The van der Waals surface area contributed by atoms with Gasteiger partial charge in [-0.2, -0.15) is 10.1 Å². The number of benzene rings is 2. The summed E-state index contributed by atoms with van der Waals surface area (Å²) in [5, 5.41) is 15.1. The highest BCUT2D eigenvalue weighted by atomic mass is 16.6. The van der Waals surface area contributed by atoms with Gasteiger partial charge in [0, 0.05) is 24.4 Å². The smallest absolute Gasteiger partial charge is 0.338 e. The number of aromatic nitrogens is 4. The molecule has 2 aromatic carbocycles. The Morgan fingerprint density at radius 3 is 2.60 bits per heavy atom. The van der Waals surface area contributed by atoms with Gasteiger partial charge in [-0.15, -0.1) is 0 Å². The molecule has 0 saturated carbocycles. The molecule has 3 heterocycles. The maximum Gasteiger partial charge on any atom is 0.338 e. The summed E-state index contributed by atoms with van der Waals surface area (Å²) in [4.78, 5) is 20.8. The van der Waals surface area contributed by atoms with E-state index in [1.807, 2.05) is 24.4 Å². The Morgan fingerprint density at radius 2 is 1.86 bits per heavy atom. The van der Waals surface area contributed by atoms with E-state index in [1.165, 1.54) is 0 Å². The van der Waals surface area contributed by atoms with Gasteiger partial charge in [-0.3, -0.25) is 10.9 Å². The van der Waals surface area contributed by atoms with E-state index >= 15 is 0 Å². The van der Waals surface area contributed by atoms with Crippen LogP contribution >= 0.6 is 0 Å². The topological polar surface area (TPSA) is 151 Å². The molecular weight excluding hydrogens is 450 g/mol. The second-order valence-corrected chi connectivity index (χ2v) is 7.72. The maximum absolute atomic E-state index is 11.9. The van der Waals surface area contributed by atoms with Crippen LogP contribution in [0.25, 0.3) is 11.3 Å². The van der Waals surface area contributed by atoms with Crippen molar-refractivity contribution in [2.45, 2.75) is 13.0 Å². The summed E-state index contributed by atoms with van der Waals surface area (Å²) in [5.74, 6) is 0.447. The lowest BCUT2D eigenvalue weighted by molar-refractivity contribution is 0.0526. The Hall–Kier alpha value is -4.42. The highest BCUT2D eigenvalue weighted by Crippen LogP contribution is 2.26. The molecule has 2 atom stereocenters. The van der Waals surface area contributed by atoms with Crippen molar-refractivity contribution in [2.75, 3.05) is 23.9 Å². The minimum absolute atomic E-state index is 0.0885. The number of nitrogens with one attached hydrogen (secondary N) is 4. The Kier molecular flexibility index (Phi) is 6.55. The predicted octanol–water partition coefficient (Wildman–Crippen LogP) is 2.80. The summed E-state index contributed by atoms with van der Waals surface area (Å²) in [6.45, 7) is 2.80. The lowest BCUT2D eigenvalue weighted by atomic mass is 9.96. The van der Waals surface area contributed by atoms with Gasteiger partial charge >= 0.3 is 5.97 Å². The molecular formula is C23H23N9O3. The van der Waals surface area contributed by atoms with Crippen LogP contribution in [0.4, 0.5) is 17.3 Å². The first-order chi connectivity index (χ1) is 17.2. The number of hydrogen-bond acceptors (Lipinski definition) is 12. The minimum atomic E-state index is -0.379. The molecule has 12 heteroatoms. The minimum Gasteiger partial charge on any atom is -0.462 e. The van der Waals surface area contributed by atoms with Crippen molar-refractivity contribution in [1.82, 2.24) is 31.1 Å². The number of hydrogen-bond donors (Lipinski definition) is 4. The first-order valence-corrected chi connectivity index (χ1v) is 11.1. The van der Waals surface area contributed by atoms with Crippen LogP contribution in [0.5, 0.6) is 0 Å². The fourth-order valence-electron chi connectivity index (χ4n) is 3.68. The molecule has 0 radical (unpaired) electrons. The fourth-order valence-corrected chi connectivity index (χ4v) is 3.68. The lowest BCUT2D eigenvalue weighted by Crippen LogP contribution is -2.25. The van der Waals surface area contributed by atoms with Crippen molar-refractivity contribution in [3.05, 3.63) is 65.7 Å². The zero-order chi connectivity index (χ0) is 24.0. The summed E-state index contributed by atoms with van der Waals surface area (Å²) in [5.41, 5.74) is 12.2. The average Bonchev–Trinajstić information content (AvgIpc) is 3.54. The van der Waals surface area contributed by atoms with E-state index in [0.29, 0.717) is 29.5 Å². The molecule has 1 aliphatic heterocycles. The van der Waals surface area contributed by atoms with Crippen molar-refractivity contribution in [3.63, 3.8) is 0 Å². The Labute approximate surface area is 200 Å². The van der Waals surface area contributed by atoms with Gasteiger partial charge in [0.05, 0.1) is 18.2 Å². The van der Waals surface area contributed by atoms with Crippen LogP contribution in [0, 0.1) is 5.92 Å². The maximum atomic E-state index is 11.9. The van der Waals surface area contributed by atoms with E-state index in [4.69, 9.17) is 9.37 Å². The molecule has 178 valence electrons. The van der Waals surface area contributed by atoms with Gasteiger partial charge in [-0.05, 0) is 47.1 Å². The largest absolute Gasteiger partial charge is 0.462 e. The SMILES string of the molecule is CCOC(=O)c1ccc(Nc2nc3nonc3nc2N/N=C/C2CNNC2c2ccccc2)cc1.